The summed E-state index contributed by atoms with van der Waals surface area (Å²) in [6.45, 7) is 0. The first kappa shape index (κ1) is 15.7. The molecule has 2 N–H and O–H groups in total. The minimum absolute atomic E-state index is 0.000730. The van der Waals surface area contributed by atoms with Gasteiger partial charge in [-0.1, -0.05) is 24.3 Å². The van der Waals surface area contributed by atoms with Gasteiger partial charge in [0.15, 0.2) is 5.78 Å². The predicted octanol–water partition coefficient (Wildman–Crippen LogP) is 3.76. The Morgan fingerprint density at radius 3 is 2.67 bits per heavy atom. The zero-order valence-electron chi connectivity index (χ0n) is 13.2. The van der Waals surface area contributed by atoms with E-state index in [0.29, 0.717) is 17.7 Å². The third-order valence-corrected chi connectivity index (χ3v) is 4.10. The quantitative estimate of drug-likeness (QED) is 0.508. The molecule has 0 spiro atoms. The molecule has 0 fully saturated rings. The smallest absolute Gasteiger partial charge is 0.271 e. The van der Waals surface area contributed by atoms with Gasteiger partial charge >= 0.3 is 0 Å². The normalized spacial score (nSPS) is 15.0. The van der Waals surface area contributed by atoms with Crippen molar-refractivity contribution in [2.24, 2.45) is 0 Å². The third-order valence-electron chi connectivity index (χ3n) is 4.10. The number of nitro benzene ring substituents is 1. The Hall–Kier alpha value is -3.15. The Kier molecular flexibility index (Phi) is 4.29. The van der Waals surface area contributed by atoms with E-state index < -0.39 is 4.92 Å². The summed E-state index contributed by atoms with van der Waals surface area (Å²) in [5.41, 5.74) is 3.74. The van der Waals surface area contributed by atoms with Crippen LogP contribution in [0, 0.1) is 10.1 Å². The van der Waals surface area contributed by atoms with Gasteiger partial charge in [0.2, 0.25) is 0 Å². The molecule has 122 valence electrons. The van der Waals surface area contributed by atoms with Crippen LogP contribution in [-0.4, -0.2) is 17.8 Å². The number of nitro groups is 1. The lowest BCUT2D eigenvalue weighted by molar-refractivity contribution is -0.384. The molecule has 0 amide bonds. The number of Topliss-reactive ketones (excluding diaryl/α,β-unsaturated/α-hetero) is 1. The van der Waals surface area contributed by atoms with Crippen LogP contribution in [0.25, 0.3) is 0 Å². The highest BCUT2D eigenvalue weighted by Crippen LogP contribution is 2.29. The Balaban J connectivity index is 1.88. The first-order valence-corrected chi connectivity index (χ1v) is 7.64. The Morgan fingerprint density at radius 2 is 1.92 bits per heavy atom. The summed E-state index contributed by atoms with van der Waals surface area (Å²) in [6, 6.07) is 12.1. The molecule has 1 aliphatic carbocycles. The standard InChI is InChI=1S/C18H17N3O3/c1-19-16-9-8-14(21(23)24)10-17(16)20-11-13-7-6-12-4-2-3-5-15(12)18(13)22/h2-5,8-11,19-20H,6-7H2,1H3. The number of anilines is 2. The molecule has 3 rings (SSSR count). The largest absolute Gasteiger partial charge is 0.386 e. The number of nitrogens with one attached hydrogen (secondary N) is 2. The number of aryl methyl sites for hydroxylation is 1. The van der Waals surface area contributed by atoms with Crippen LogP contribution in [0.2, 0.25) is 0 Å². The highest BCUT2D eigenvalue weighted by atomic mass is 16.6. The van der Waals surface area contributed by atoms with E-state index in [4.69, 9.17) is 0 Å². The van der Waals surface area contributed by atoms with Crippen molar-refractivity contribution in [3.05, 3.63) is 75.5 Å². The van der Waals surface area contributed by atoms with Crippen LogP contribution in [0.1, 0.15) is 22.3 Å². The second-order valence-corrected chi connectivity index (χ2v) is 5.54. The zero-order chi connectivity index (χ0) is 17.1. The van der Waals surface area contributed by atoms with E-state index in [1.165, 1.54) is 12.1 Å². The summed E-state index contributed by atoms with van der Waals surface area (Å²) in [5.74, 6) is 0.000730. The summed E-state index contributed by atoms with van der Waals surface area (Å²) in [6.07, 6.45) is 3.11. The molecule has 1 aliphatic rings. The van der Waals surface area contributed by atoms with Crippen LogP contribution in [0.3, 0.4) is 0 Å². The fraction of sp³-hybridized carbons (Fsp3) is 0.167. The van der Waals surface area contributed by atoms with Crippen molar-refractivity contribution in [2.75, 3.05) is 17.7 Å². The number of rotatable bonds is 4. The van der Waals surface area contributed by atoms with Crippen molar-refractivity contribution in [3.8, 4) is 0 Å². The lowest BCUT2D eigenvalue weighted by atomic mass is 9.87. The number of allylic oxidation sites excluding steroid dienone is 1. The number of ketones is 1. The van der Waals surface area contributed by atoms with Gasteiger partial charge in [-0.25, -0.2) is 0 Å². The Bertz CT molecular complexity index is 843. The molecular formula is C18H17N3O3. The fourth-order valence-corrected chi connectivity index (χ4v) is 2.80. The van der Waals surface area contributed by atoms with Gasteiger partial charge in [-0.2, -0.15) is 0 Å². The maximum Gasteiger partial charge on any atom is 0.271 e. The lowest BCUT2D eigenvalue weighted by Crippen LogP contribution is -2.15. The maximum atomic E-state index is 12.5. The highest BCUT2D eigenvalue weighted by Gasteiger charge is 2.21. The van der Waals surface area contributed by atoms with Crippen molar-refractivity contribution >= 4 is 22.8 Å². The highest BCUT2D eigenvalue weighted by molar-refractivity contribution is 6.10. The van der Waals surface area contributed by atoms with Crippen LogP contribution in [0.15, 0.2) is 54.2 Å². The number of hydrogen-bond donors (Lipinski definition) is 2. The molecule has 0 unspecified atom stereocenters. The predicted molar refractivity (Wildman–Crippen MR) is 93.4 cm³/mol. The summed E-state index contributed by atoms with van der Waals surface area (Å²) < 4.78 is 0. The van der Waals surface area contributed by atoms with Gasteiger partial charge in [0, 0.05) is 36.5 Å². The van der Waals surface area contributed by atoms with Crippen LogP contribution in [0.4, 0.5) is 17.1 Å². The van der Waals surface area contributed by atoms with Gasteiger partial charge in [-0.15, -0.1) is 0 Å². The van der Waals surface area contributed by atoms with Crippen LogP contribution in [-0.2, 0) is 6.42 Å². The molecule has 24 heavy (non-hydrogen) atoms. The van der Waals surface area contributed by atoms with Gasteiger partial charge in [0.05, 0.1) is 16.3 Å². The second-order valence-electron chi connectivity index (χ2n) is 5.54. The first-order valence-electron chi connectivity index (χ1n) is 7.64. The number of hydrogen-bond acceptors (Lipinski definition) is 5. The molecular weight excluding hydrogens is 306 g/mol. The number of fused-ring (bicyclic) bond motifs is 1. The van der Waals surface area contributed by atoms with Gasteiger partial charge < -0.3 is 10.6 Å². The number of carbonyl (C=O) groups is 1. The summed E-state index contributed by atoms with van der Waals surface area (Å²) >= 11 is 0. The summed E-state index contributed by atoms with van der Waals surface area (Å²) in [7, 11) is 1.74. The molecule has 6 heteroatoms. The minimum atomic E-state index is -0.445. The lowest BCUT2D eigenvalue weighted by Gasteiger charge is -2.17. The maximum absolute atomic E-state index is 12.5. The van der Waals surface area contributed by atoms with E-state index in [1.54, 1.807) is 19.3 Å². The van der Waals surface area contributed by atoms with Crippen molar-refractivity contribution in [1.82, 2.24) is 0 Å². The van der Waals surface area contributed by atoms with E-state index >= 15 is 0 Å². The minimum Gasteiger partial charge on any atom is -0.386 e. The molecule has 0 aromatic heterocycles. The molecule has 0 radical (unpaired) electrons. The number of benzene rings is 2. The molecule has 2 aromatic carbocycles. The molecule has 0 atom stereocenters. The van der Waals surface area contributed by atoms with Crippen LogP contribution >= 0.6 is 0 Å². The van der Waals surface area contributed by atoms with Crippen molar-refractivity contribution in [3.63, 3.8) is 0 Å². The van der Waals surface area contributed by atoms with Crippen LogP contribution < -0.4 is 10.6 Å². The number of nitrogens with zero attached hydrogens (tertiary/aromatic N) is 1. The monoisotopic (exact) mass is 323 g/mol. The van der Waals surface area contributed by atoms with Gasteiger partial charge in [0.1, 0.15) is 0 Å². The number of carbonyl (C=O) groups excluding carboxylic acids is 1. The van der Waals surface area contributed by atoms with E-state index in [2.05, 4.69) is 10.6 Å². The molecule has 0 saturated heterocycles. The molecule has 0 bridgehead atoms. The van der Waals surface area contributed by atoms with E-state index in [0.717, 1.165) is 23.2 Å². The average molecular weight is 323 g/mol. The first-order chi connectivity index (χ1) is 11.6. The van der Waals surface area contributed by atoms with Gasteiger partial charge in [0.25, 0.3) is 5.69 Å². The SMILES string of the molecule is CNc1ccc([N+](=O)[O-])cc1NC=C1CCc2ccccc2C1=O. The van der Waals surface area contributed by atoms with Crippen LogP contribution in [0.5, 0.6) is 0 Å². The second kappa shape index (κ2) is 6.54. The zero-order valence-corrected chi connectivity index (χ0v) is 13.2. The van der Waals surface area contributed by atoms with E-state index in [-0.39, 0.29) is 11.5 Å². The molecule has 6 nitrogen and oxygen atoms in total. The average Bonchev–Trinajstić information content (AvgIpc) is 2.61. The number of non-ortho nitro benzene ring substituents is 1. The molecule has 0 heterocycles. The van der Waals surface area contributed by atoms with Gasteiger partial charge in [-0.3, -0.25) is 14.9 Å². The summed E-state index contributed by atoms with van der Waals surface area (Å²) in [4.78, 5) is 23.0. The molecule has 0 saturated carbocycles. The van der Waals surface area contributed by atoms with E-state index in [9.17, 15) is 14.9 Å². The Labute approximate surface area is 139 Å². The summed E-state index contributed by atoms with van der Waals surface area (Å²) in [5, 5.41) is 17.0. The third kappa shape index (κ3) is 2.99. The topological polar surface area (TPSA) is 84.3 Å². The van der Waals surface area contributed by atoms with E-state index in [1.807, 2.05) is 24.3 Å². The van der Waals surface area contributed by atoms with Crippen molar-refractivity contribution in [1.29, 1.82) is 0 Å². The van der Waals surface area contributed by atoms with Crippen molar-refractivity contribution in [2.45, 2.75) is 12.8 Å². The Morgan fingerprint density at radius 1 is 1.12 bits per heavy atom. The molecule has 2 aromatic rings. The van der Waals surface area contributed by atoms with Crippen molar-refractivity contribution < 1.29 is 9.72 Å². The fourth-order valence-electron chi connectivity index (χ4n) is 2.80. The molecule has 0 aliphatic heterocycles. The van der Waals surface area contributed by atoms with Gasteiger partial charge in [-0.05, 0) is 24.5 Å².